The zero-order valence-electron chi connectivity index (χ0n) is 8.24. The second-order valence-electron chi connectivity index (χ2n) is 2.96. The summed E-state index contributed by atoms with van der Waals surface area (Å²) in [5.41, 5.74) is 3.61. The predicted octanol–water partition coefficient (Wildman–Crippen LogP) is -1.51. The monoisotopic (exact) mass is 235 g/mol. The van der Waals surface area contributed by atoms with Gasteiger partial charge in [-0.2, -0.15) is 0 Å². The summed E-state index contributed by atoms with van der Waals surface area (Å²) >= 11 is 0. The van der Waals surface area contributed by atoms with E-state index in [4.69, 9.17) is 5.73 Å². The number of hydrogen-bond donors (Lipinski definition) is 3. The number of alkyl halides is 2. The number of nitrogens with one attached hydrogen (secondary N) is 2. The van der Waals surface area contributed by atoms with Gasteiger partial charge in [-0.25, -0.2) is 18.7 Å². The first-order valence-electron chi connectivity index (χ1n) is 4.46. The van der Waals surface area contributed by atoms with Gasteiger partial charge < -0.3 is 10.6 Å². The SMILES string of the molecule is NCCN(CC(F)F)c1n[nH]c(=O)[nH]c1=O. The van der Waals surface area contributed by atoms with E-state index in [0.717, 1.165) is 4.90 Å². The minimum Gasteiger partial charge on any atom is -0.344 e. The van der Waals surface area contributed by atoms with Crippen LogP contribution in [0.3, 0.4) is 0 Å². The Morgan fingerprint density at radius 2 is 2.12 bits per heavy atom. The molecule has 0 aromatic carbocycles. The van der Waals surface area contributed by atoms with Crippen LogP contribution in [-0.4, -0.2) is 41.2 Å². The number of nitrogens with two attached hydrogens (primary N) is 1. The van der Waals surface area contributed by atoms with Crippen molar-refractivity contribution in [2.75, 3.05) is 24.5 Å². The number of aromatic amines is 2. The molecule has 0 unspecified atom stereocenters. The Labute approximate surface area is 88.3 Å². The molecule has 0 aliphatic rings. The highest BCUT2D eigenvalue weighted by Crippen LogP contribution is 2.04. The summed E-state index contributed by atoms with van der Waals surface area (Å²) in [6, 6.07) is 0. The summed E-state index contributed by atoms with van der Waals surface area (Å²) < 4.78 is 24.4. The van der Waals surface area contributed by atoms with Crippen molar-refractivity contribution in [2.24, 2.45) is 5.73 Å². The van der Waals surface area contributed by atoms with Gasteiger partial charge >= 0.3 is 5.69 Å². The number of hydrogen-bond acceptors (Lipinski definition) is 5. The van der Waals surface area contributed by atoms with Gasteiger partial charge in [-0.3, -0.25) is 9.78 Å². The zero-order chi connectivity index (χ0) is 12.1. The molecule has 1 aromatic rings. The molecule has 1 heterocycles. The van der Waals surface area contributed by atoms with Crippen LogP contribution in [0.1, 0.15) is 0 Å². The van der Waals surface area contributed by atoms with Gasteiger partial charge in [0.05, 0.1) is 6.54 Å². The van der Waals surface area contributed by atoms with Gasteiger partial charge in [-0.15, -0.1) is 5.10 Å². The Bertz CT molecular complexity index is 443. The molecule has 0 aliphatic carbocycles. The first kappa shape index (κ1) is 12.3. The van der Waals surface area contributed by atoms with Crippen molar-refractivity contribution in [2.45, 2.75) is 6.43 Å². The molecule has 1 rings (SSSR count). The van der Waals surface area contributed by atoms with E-state index < -0.39 is 24.2 Å². The molecule has 0 amide bonds. The Morgan fingerprint density at radius 3 is 2.62 bits per heavy atom. The van der Waals surface area contributed by atoms with Crippen LogP contribution < -0.4 is 21.9 Å². The van der Waals surface area contributed by atoms with Gasteiger partial charge in [0.1, 0.15) is 0 Å². The molecule has 7 nitrogen and oxygen atoms in total. The standard InChI is InChI=1S/C7H11F2N5O2/c8-4(9)3-14(2-1-10)5-6(15)11-7(16)13-12-5/h4H,1-3,10H2,(H2,11,13,15,16). The van der Waals surface area contributed by atoms with Gasteiger partial charge in [0.15, 0.2) is 0 Å². The summed E-state index contributed by atoms with van der Waals surface area (Å²) in [5, 5.41) is 5.37. The van der Waals surface area contributed by atoms with E-state index in [1.54, 1.807) is 0 Å². The van der Waals surface area contributed by atoms with Crippen molar-refractivity contribution in [1.29, 1.82) is 0 Å². The lowest BCUT2D eigenvalue weighted by Crippen LogP contribution is -2.40. The van der Waals surface area contributed by atoms with Gasteiger partial charge in [0, 0.05) is 13.1 Å². The van der Waals surface area contributed by atoms with Crippen molar-refractivity contribution >= 4 is 5.82 Å². The normalized spacial score (nSPS) is 10.8. The Hall–Kier alpha value is -1.77. The van der Waals surface area contributed by atoms with E-state index in [1.807, 2.05) is 10.1 Å². The van der Waals surface area contributed by atoms with Gasteiger partial charge in [0.2, 0.25) is 5.82 Å². The minimum absolute atomic E-state index is 0.0481. The second-order valence-corrected chi connectivity index (χ2v) is 2.96. The fourth-order valence-corrected chi connectivity index (χ4v) is 1.16. The van der Waals surface area contributed by atoms with E-state index in [-0.39, 0.29) is 18.9 Å². The van der Waals surface area contributed by atoms with Gasteiger partial charge in [0.25, 0.3) is 12.0 Å². The largest absolute Gasteiger partial charge is 0.344 e. The third-order valence-electron chi connectivity index (χ3n) is 1.75. The molecule has 9 heteroatoms. The summed E-state index contributed by atoms with van der Waals surface area (Å²) in [4.78, 5) is 24.9. The molecule has 0 bridgehead atoms. The lowest BCUT2D eigenvalue weighted by atomic mass is 10.4. The smallest absolute Gasteiger partial charge is 0.342 e. The van der Waals surface area contributed by atoms with Crippen LogP contribution in [0, 0.1) is 0 Å². The summed E-state index contributed by atoms with van der Waals surface area (Å²) in [6.07, 6.45) is -2.63. The molecule has 0 spiro atoms. The molecule has 90 valence electrons. The molecule has 0 aliphatic heterocycles. The summed E-state index contributed by atoms with van der Waals surface area (Å²) in [5.74, 6) is -0.273. The maximum Gasteiger partial charge on any atom is 0.342 e. The number of rotatable bonds is 5. The highest BCUT2D eigenvalue weighted by atomic mass is 19.3. The Morgan fingerprint density at radius 1 is 1.44 bits per heavy atom. The molecule has 0 radical (unpaired) electrons. The first-order chi connectivity index (χ1) is 7.54. The van der Waals surface area contributed by atoms with Crippen LogP contribution in [0.5, 0.6) is 0 Å². The van der Waals surface area contributed by atoms with E-state index in [9.17, 15) is 18.4 Å². The average molecular weight is 235 g/mol. The van der Waals surface area contributed by atoms with Crippen LogP contribution in [0.25, 0.3) is 0 Å². The molecule has 4 N–H and O–H groups in total. The summed E-state index contributed by atoms with van der Waals surface area (Å²) in [6.45, 7) is -0.529. The quantitative estimate of drug-likeness (QED) is 0.575. The van der Waals surface area contributed by atoms with Crippen molar-refractivity contribution in [3.8, 4) is 0 Å². The van der Waals surface area contributed by atoms with Crippen molar-refractivity contribution in [3.05, 3.63) is 20.8 Å². The average Bonchev–Trinajstić information content (AvgIpc) is 2.16. The third kappa shape index (κ3) is 3.12. The van der Waals surface area contributed by atoms with Crippen molar-refractivity contribution in [3.63, 3.8) is 0 Å². The summed E-state index contributed by atoms with van der Waals surface area (Å²) in [7, 11) is 0. The van der Waals surface area contributed by atoms with Crippen LogP contribution in [0.15, 0.2) is 9.59 Å². The number of aromatic nitrogens is 3. The Kier molecular flexibility index (Phi) is 4.11. The van der Waals surface area contributed by atoms with Crippen LogP contribution >= 0.6 is 0 Å². The molecule has 0 atom stereocenters. The topological polar surface area (TPSA) is 108 Å². The molecular formula is C7H11F2N5O2. The van der Waals surface area contributed by atoms with Gasteiger partial charge in [-0.05, 0) is 0 Å². The van der Waals surface area contributed by atoms with E-state index >= 15 is 0 Å². The zero-order valence-corrected chi connectivity index (χ0v) is 8.24. The lowest BCUT2D eigenvalue weighted by molar-refractivity contribution is 0.154. The van der Waals surface area contributed by atoms with Gasteiger partial charge in [-0.1, -0.05) is 0 Å². The lowest BCUT2D eigenvalue weighted by Gasteiger charge is -2.20. The second kappa shape index (κ2) is 5.35. The highest BCUT2D eigenvalue weighted by Gasteiger charge is 2.16. The molecule has 16 heavy (non-hydrogen) atoms. The minimum atomic E-state index is -2.63. The van der Waals surface area contributed by atoms with Crippen LogP contribution in [-0.2, 0) is 0 Å². The maximum absolute atomic E-state index is 12.2. The predicted molar refractivity (Wildman–Crippen MR) is 52.7 cm³/mol. The Balaban J connectivity index is 3.00. The van der Waals surface area contributed by atoms with E-state index in [0.29, 0.717) is 0 Å². The number of halogens is 2. The van der Waals surface area contributed by atoms with Crippen molar-refractivity contribution < 1.29 is 8.78 Å². The number of nitrogens with zero attached hydrogens (tertiary/aromatic N) is 2. The molecule has 0 saturated heterocycles. The molecule has 1 aromatic heterocycles. The fourth-order valence-electron chi connectivity index (χ4n) is 1.16. The highest BCUT2D eigenvalue weighted by molar-refractivity contribution is 5.33. The van der Waals surface area contributed by atoms with Crippen molar-refractivity contribution in [1.82, 2.24) is 15.2 Å². The van der Waals surface area contributed by atoms with E-state index in [2.05, 4.69) is 5.10 Å². The third-order valence-corrected chi connectivity index (χ3v) is 1.75. The van der Waals surface area contributed by atoms with E-state index in [1.165, 1.54) is 0 Å². The molecular weight excluding hydrogens is 224 g/mol. The first-order valence-corrected chi connectivity index (χ1v) is 4.46. The van der Waals surface area contributed by atoms with Crippen LogP contribution in [0.2, 0.25) is 0 Å². The molecule has 0 fully saturated rings. The molecule has 0 saturated carbocycles. The number of anilines is 1. The van der Waals surface area contributed by atoms with Crippen LogP contribution in [0.4, 0.5) is 14.6 Å². The maximum atomic E-state index is 12.2. The fraction of sp³-hybridized carbons (Fsp3) is 0.571. The number of H-pyrrole nitrogens is 2.